The maximum absolute atomic E-state index is 13.1. The maximum Gasteiger partial charge on any atom is 0.224 e. The fourth-order valence-electron chi connectivity index (χ4n) is 5.75. The quantitative estimate of drug-likeness (QED) is 0.818. The van der Waals surface area contributed by atoms with Crippen LogP contribution in [0, 0.1) is 17.8 Å². The summed E-state index contributed by atoms with van der Waals surface area (Å²) in [6.07, 6.45) is 15.4. The molecule has 4 rings (SSSR count). The first-order valence-electron chi connectivity index (χ1n) is 10.1. The van der Waals surface area contributed by atoms with Crippen molar-refractivity contribution in [3.8, 4) is 0 Å². The van der Waals surface area contributed by atoms with E-state index < -0.39 is 0 Å². The summed E-state index contributed by atoms with van der Waals surface area (Å²) in [5.41, 5.74) is 6.60. The predicted octanol–water partition coefficient (Wildman–Crippen LogP) is 3.19. The highest BCUT2D eigenvalue weighted by atomic mass is 16.2. The van der Waals surface area contributed by atoms with Gasteiger partial charge in [-0.2, -0.15) is 0 Å². The van der Waals surface area contributed by atoms with Crippen LogP contribution in [-0.4, -0.2) is 29.6 Å². The van der Waals surface area contributed by atoms with Crippen LogP contribution in [0.15, 0.2) is 0 Å². The van der Waals surface area contributed by atoms with Gasteiger partial charge in [0.15, 0.2) is 0 Å². The fraction of sp³-hybridized carbons (Fsp3) is 0.947. The molecule has 1 amide bonds. The van der Waals surface area contributed by atoms with Gasteiger partial charge in [-0.3, -0.25) is 10.2 Å². The van der Waals surface area contributed by atoms with Crippen molar-refractivity contribution in [1.82, 2.24) is 15.8 Å². The Morgan fingerprint density at radius 2 is 1.87 bits per heavy atom. The van der Waals surface area contributed by atoms with Crippen molar-refractivity contribution in [3.05, 3.63) is 0 Å². The number of carbonyl (C=O) groups excluding carboxylic acids is 1. The molecule has 4 aliphatic rings. The smallest absolute Gasteiger partial charge is 0.224 e. The van der Waals surface area contributed by atoms with Crippen LogP contribution in [0.4, 0.5) is 0 Å². The number of amides is 1. The Kier molecular flexibility index (Phi) is 4.91. The van der Waals surface area contributed by atoms with Crippen molar-refractivity contribution >= 4 is 5.91 Å². The van der Waals surface area contributed by atoms with E-state index in [1.165, 1.54) is 57.8 Å². The monoisotopic (exact) mass is 319 g/mol. The van der Waals surface area contributed by atoms with Gasteiger partial charge in [-0.05, 0) is 49.9 Å². The number of nitrogens with one attached hydrogen (secondary N) is 2. The average molecular weight is 319 g/mol. The van der Waals surface area contributed by atoms with Crippen LogP contribution in [0.1, 0.15) is 77.0 Å². The van der Waals surface area contributed by atoms with Crippen molar-refractivity contribution in [2.45, 2.75) is 89.3 Å². The minimum absolute atomic E-state index is 0.234. The summed E-state index contributed by atoms with van der Waals surface area (Å²) in [6, 6.07) is 0.519. The zero-order valence-corrected chi connectivity index (χ0v) is 14.4. The van der Waals surface area contributed by atoms with Crippen molar-refractivity contribution in [2.24, 2.45) is 17.8 Å². The molecule has 1 aliphatic heterocycles. The summed E-state index contributed by atoms with van der Waals surface area (Å²) in [7, 11) is 0. The molecular weight excluding hydrogens is 286 g/mol. The van der Waals surface area contributed by atoms with Gasteiger partial charge in [0.05, 0.1) is 6.17 Å². The minimum atomic E-state index is 0.234. The summed E-state index contributed by atoms with van der Waals surface area (Å²) < 4.78 is 0. The van der Waals surface area contributed by atoms with E-state index in [0.717, 1.165) is 43.6 Å². The van der Waals surface area contributed by atoms with Gasteiger partial charge in [0.2, 0.25) is 5.91 Å². The summed E-state index contributed by atoms with van der Waals surface area (Å²) >= 11 is 0. The third-order valence-electron chi connectivity index (χ3n) is 6.98. The number of carbonyl (C=O) groups is 1. The molecule has 4 heteroatoms. The molecular formula is C19H33N3O. The number of fused-ring (bicyclic) bond motifs is 2. The summed E-state index contributed by atoms with van der Waals surface area (Å²) in [6.45, 7) is 0.984. The molecule has 0 radical (unpaired) electrons. The number of hydrazine groups is 1. The van der Waals surface area contributed by atoms with Crippen molar-refractivity contribution < 1.29 is 4.79 Å². The third kappa shape index (κ3) is 3.43. The number of rotatable bonds is 5. The highest BCUT2D eigenvalue weighted by Crippen LogP contribution is 2.47. The molecule has 0 aromatic rings. The van der Waals surface area contributed by atoms with E-state index in [-0.39, 0.29) is 6.17 Å². The molecule has 0 aromatic heterocycles. The zero-order valence-electron chi connectivity index (χ0n) is 14.4. The van der Waals surface area contributed by atoms with Gasteiger partial charge in [-0.15, -0.1) is 0 Å². The molecule has 2 bridgehead atoms. The topological polar surface area (TPSA) is 44.4 Å². The van der Waals surface area contributed by atoms with E-state index in [0.29, 0.717) is 11.9 Å². The molecule has 3 saturated carbocycles. The van der Waals surface area contributed by atoms with Gasteiger partial charge < -0.3 is 4.90 Å². The van der Waals surface area contributed by atoms with Crippen molar-refractivity contribution in [3.63, 3.8) is 0 Å². The third-order valence-corrected chi connectivity index (χ3v) is 6.98. The molecule has 4 atom stereocenters. The Bertz CT molecular complexity index is 415. The molecule has 4 nitrogen and oxygen atoms in total. The maximum atomic E-state index is 13.1. The first kappa shape index (κ1) is 15.9. The van der Waals surface area contributed by atoms with E-state index in [2.05, 4.69) is 15.8 Å². The second-order valence-corrected chi connectivity index (χ2v) is 8.46. The van der Waals surface area contributed by atoms with E-state index in [1.54, 1.807) is 0 Å². The van der Waals surface area contributed by atoms with Crippen molar-refractivity contribution in [2.75, 3.05) is 6.54 Å². The lowest BCUT2D eigenvalue weighted by molar-refractivity contribution is -0.138. The van der Waals surface area contributed by atoms with E-state index >= 15 is 0 Å². The molecule has 1 saturated heterocycles. The van der Waals surface area contributed by atoms with Gasteiger partial charge >= 0.3 is 0 Å². The first-order valence-corrected chi connectivity index (χ1v) is 10.1. The number of nitrogens with zero attached hydrogens (tertiary/aromatic N) is 1. The molecule has 130 valence electrons. The number of hydrogen-bond acceptors (Lipinski definition) is 3. The Morgan fingerprint density at radius 1 is 1.00 bits per heavy atom. The van der Waals surface area contributed by atoms with E-state index in [4.69, 9.17) is 0 Å². The molecule has 4 fully saturated rings. The molecule has 23 heavy (non-hydrogen) atoms. The zero-order chi connectivity index (χ0) is 15.6. The average Bonchev–Trinajstić information content (AvgIpc) is 3.32. The fourth-order valence-corrected chi connectivity index (χ4v) is 5.75. The van der Waals surface area contributed by atoms with Crippen molar-refractivity contribution in [1.29, 1.82) is 0 Å². The van der Waals surface area contributed by atoms with Gasteiger partial charge in [-0.1, -0.05) is 38.5 Å². The Morgan fingerprint density at radius 3 is 2.52 bits per heavy atom. The van der Waals surface area contributed by atoms with E-state index in [9.17, 15) is 4.79 Å². The SMILES string of the molecule is O=C(CCC1CCCCC1)N(C1CCNN1)C1CC2CCC1C2. The van der Waals surface area contributed by atoms with Gasteiger partial charge in [0.25, 0.3) is 0 Å². The highest BCUT2D eigenvalue weighted by molar-refractivity contribution is 5.77. The second-order valence-electron chi connectivity index (χ2n) is 8.46. The minimum Gasteiger partial charge on any atom is -0.323 e. The summed E-state index contributed by atoms with van der Waals surface area (Å²) in [5.74, 6) is 2.91. The largest absolute Gasteiger partial charge is 0.323 e. The second kappa shape index (κ2) is 7.10. The predicted molar refractivity (Wildman–Crippen MR) is 91.4 cm³/mol. The molecule has 2 N–H and O–H groups in total. The van der Waals surface area contributed by atoms with Crippen LogP contribution < -0.4 is 10.9 Å². The Hall–Kier alpha value is -0.610. The van der Waals surface area contributed by atoms with Crippen LogP contribution >= 0.6 is 0 Å². The van der Waals surface area contributed by atoms with E-state index in [1.807, 2.05) is 0 Å². The molecule has 3 aliphatic carbocycles. The summed E-state index contributed by atoms with van der Waals surface area (Å²) in [5, 5.41) is 0. The lowest BCUT2D eigenvalue weighted by atomic mass is 9.85. The van der Waals surface area contributed by atoms with Crippen LogP contribution in [0.3, 0.4) is 0 Å². The molecule has 4 unspecified atom stereocenters. The standard InChI is InChI=1S/C19H33N3O/c23-19(9-7-14-4-2-1-3-5-14)22(18-10-11-20-21-18)17-13-15-6-8-16(17)12-15/h14-18,20-21H,1-13H2. The van der Waals surface area contributed by atoms with Gasteiger partial charge in [0, 0.05) is 19.0 Å². The van der Waals surface area contributed by atoms with Crippen LogP contribution in [0.5, 0.6) is 0 Å². The number of hydrogen-bond donors (Lipinski definition) is 2. The van der Waals surface area contributed by atoms with Crippen LogP contribution in [0.25, 0.3) is 0 Å². The lowest BCUT2D eigenvalue weighted by Gasteiger charge is -2.39. The normalized spacial score (nSPS) is 37.4. The van der Waals surface area contributed by atoms with Crippen LogP contribution in [-0.2, 0) is 4.79 Å². The lowest BCUT2D eigenvalue weighted by Crippen LogP contribution is -2.54. The van der Waals surface area contributed by atoms with Crippen LogP contribution in [0.2, 0.25) is 0 Å². The molecule has 1 heterocycles. The Labute approximate surface area is 140 Å². The molecule has 0 spiro atoms. The van der Waals surface area contributed by atoms with Gasteiger partial charge in [0.1, 0.15) is 0 Å². The first-order chi connectivity index (χ1) is 11.3. The highest BCUT2D eigenvalue weighted by Gasteiger charge is 2.45. The molecule has 0 aromatic carbocycles. The summed E-state index contributed by atoms with van der Waals surface area (Å²) in [4.78, 5) is 15.4. The van der Waals surface area contributed by atoms with Gasteiger partial charge in [-0.25, -0.2) is 5.43 Å². The Balaban J connectivity index is 1.38.